The van der Waals surface area contributed by atoms with Gasteiger partial charge in [-0.05, 0) is 84.8 Å². The molecule has 0 saturated carbocycles. The lowest BCUT2D eigenvalue weighted by molar-refractivity contribution is 0.102. The Bertz CT molecular complexity index is 1310. The number of carbonyl (C=O) groups is 1. The molecule has 0 heterocycles. The minimum absolute atomic E-state index is 0.148. The van der Waals surface area contributed by atoms with Crippen LogP contribution < -0.4 is 14.8 Å². The zero-order valence-electron chi connectivity index (χ0n) is 19.8. The largest absolute Gasteiger partial charge is 0.497 e. The van der Waals surface area contributed by atoms with Crippen molar-refractivity contribution in [2.75, 3.05) is 12.4 Å². The number of aryl methyl sites for hydroxylation is 2. The standard InChI is InChI=1S/C27H30N2O5S/c1-3-18-10-14-23(15-11-18)35(32,33)29-26-24-17-21(13-12-19(24)6-5-9-25(26)30)28-27(31)20-7-4-8-22(16-20)34-2/h4,7-8,10-17,25-26,29-30H,3,5-6,9H2,1-2H3,(H,28,31)/t25-,26-/m1/s1. The molecule has 3 aromatic rings. The van der Waals surface area contributed by atoms with Crippen LogP contribution in [0.15, 0.2) is 71.6 Å². The number of hydrogen-bond donors (Lipinski definition) is 3. The molecule has 1 aliphatic carbocycles. The lowest BCUT2D eigenvalue weighted by atomic mass is 9.97. The van der Waals surface area contributed by atoms with Crippen LogP contribution in [0.2, 0.25) is 0 Å². The third-order valence-electron chi connectivity index (χ3n) is 6.33. The number of amides is 1. The van der Waals surface area contributed by atoms with Gasteiger partial charge in [-0.3, -0.25) is 4.79 Å². The van der Waals surface area contributed by atoms with Gasteiger partial charge in [0.1, 0.15) is 5.75 Å². The fourth-order valence-electron chi connectivity index (χ4n) is 4.31. The molecule has 0 saturated heterocycles. The van der Waals surface area contributed by atoms with Crippen molar-refractivity contribution in [3.8, 4) is 5.75 Å². The van der Waals surface area contributed by atoms with E-state index < -0.39 is 22.2 Å². The number of carbonyl (C=O) groups excluding carboxylic acids is 1. The molecule has 8 heteroatoms. The first kappa shape index (κ1) is 24.9. The predicted octanol–water partition coefficient (Wildman–Crippen LogP) is 4.23. The summed E-state index contributed by atoms with van der Waals surface area (Å²) in [5, 5.41) is 13.7. The Hall–Kier alpha value is -3.20. The number of aliphatic hydroxyl groups is 1. The van der Waals surface area contributed by atoms with Gasteiger partial charge in [-0.2, -0.15) is 0 Å². The summed E-state index contributed by atoms with van der Waals surface area (Å²) in [5.74, 6) is 0.260. The molecule has 35 heavy (non-hydrogen) atoms. The van der Waals surface area contributed by atoms with Crippen molar-refractivity contribution in [1.29, 1.82) is 0 Å². The first-order valence-electron chi connectivity index (χ1n) is 11.7. The zero-order chi connectivity index (χ0) is 25.0. The van der Waals surface area contributed by atoms with Crippen molar-refractivity contribution in [1.82, 2.24) is 4.72 Å². The molecule has 0 unspecified atom stereocenters. The molecule has 0 radical (unpaired) electrons. The first-order chi connectivity index (χ1) is 16.8. The Kier molecular flexibility index (Phi) is 7.54. The molecular weight excluding hydrogens is 464 g/mol. The molecule has 0 bridgehead atoms. The minimum atomic E-state index is -3.87. The van der Waals surface area contributed by atoms with Crippen molar-refractivity contribution in [3.63, 3.8) is 0 Å². The van der Waals surface area contributed by atoms with Gasteiger partial charge in [0.2, 0.25) is 10.0 Å². The third kappa shape index (κ3) is 5.73. The van der Waals surface area contributed by atoms with E-state index in [1.54, 1.807) is 60.7 Å². The summed E-state index contributed by atoms with van der Waals surface area (Å²) in [5.41, 5.74) is 3.59. The first-order valence-corrected chi connectivity index (χ1v) is 13.2. The maximum atomic E-state index is 13.2. The van der Waals surface area contributed by atoms with Gasteiger partial charge in [-0.15, -0.1) is 0 Å². The summed E-state index contributed by atoms with van der Waals surface area (Å²) in [6.45, 7) is 2.01. The van der Waals surface area contributed by atoms with Crippen LogP contribution in [0.25, 0.3) is 0 Å². The quantitative estimate of drug-likeness (QED) is 0.427. The number of methoxy groups -OCH3 is 1. The number of fused-ring (bicyclic) bond motifs is 1. The normalized spacial score (nSPS) is 17.8. The van der Waals surface area contributed by atoms with Crippen molar-refractivity contribution in [3.05, 3.63) is 89.0 Å². The Labute approximate surface area is 206 Å². The summed E-state index contributed by atoms with van der Waals surface area (Å²) >= 11 is 0. The highest BCUT2D eigenvalue weighted by Crippen LogP contribution is 2.33. The Morgan fingerprint density at radius 2 is 1.86 bits per heavy atom. The smallest absolute Gasteiger partial charge is 0.255 e. The van der Waals surface area contributed by atoms with Crippen molar-refractivity contribution < 1.29 is 23.1 Å². The lowest BCUT2D eigenvalue weighted by Crippen LogP contribution is -2.36. The maximum absolute atomic E-state index is 13.2. The van der Waals surface area contributed by atoms with Crippen LogP contribution in [-0.2, 0) is 22.9 Å². The molecule has 1 aliphatic rings. The fourth-order valence-corrected chi connectivity index (χ4v) is 5.56. The Balaban J connectivity index is 1.62. The van der Waals surface area contributed by atoms with Gasteiger partial charge in [-0.25, -0.2) is 13.1 Å². The molecule has 184 valence electrons. The molecule has 2 atom stereocenters. The van der Waals surface area contributed by atoms with Crippen LogP contribution in [0, 0.1) is 0 Å². The topological polar surface area (TPSA) is 105 Å². The molecule has 4 rings (SSSR count). The Morgan fingerprint density at radius 1 is 1.09 bits per heavy atom. The van der Waals surface area contributed by atoms with E-state index in [2.05, 4.69) is 10.0 Å². The lowest BCUT2D eigenvalue weighted by Gasteiger charge is -2.24. The van der Waals surface area contributed by atoms with E-state index >= 15 is 0 Å². The van der Waals surface area contributed by atoms with Crippen LogP contribution in [0.5, 0.6) is 5.75 Å². The highest BCUT2D eigenvalue weighted by atomic mass is 32.2. The predicted molar refractivity (Wildman–Crippen MR) is 135 cm³/mol. The number of aliphatic hydroxyl groups excluding tert-OH is 1. The summed E-state index contributed by atoms with van der Waals surface area (Å²) in [4.78, 5) is 13.0. The maximum Gasteiger partial charge on any atom is 0.255 e. The van der Waals surface area contributed by atoms with Gasteiger partial charge in [0.25, 0.3) is 5.91 Å². The zero-order valence-corrected chi connectivity index (χ0v) is 20.6. The van der Waals surface area contributed by atoms with Gasteiger partial charge >= 0.3 is 0 Å². The number of sulfonamides is 1. The number of hydrogen-bond acceptors (Lipinski definition) is 5. The third-order valence-corrected chi connectivity index (χ3v) is 7.78. The summed E-state index contributed by atoms with van der Waals surface area (Å²) in [7, 11) is -2.34. The van der Waals surface area contributed by atoms with E-state index in [1.807, 2.05) is 13.0 Å². The van der Waals surface area contributed by atoms with Crippen LogP contribution in [0.1, 0.15) is 52.9 Å². The van der Waals surface area contributed by atoms with Gasteiger partial charge in [0.05, 0.1) is 24.2 Å². The number of benzene rings is 3. The molecule has 1 amide bonds. The van der Waals surface area contributed by atoms with Crippen molar-refractivity contribution >= 4 is 21.6 Å². The van der Waals surface area contributed by atoms with Gasteiger partial charge in [0, 0.05) is 11.3 Å². The van der Waals surface area contributed by atoms with Crippen LogP contribution in [-0.4, -0.2) is 32.6 Å². The number of rotatable bonds is 7. The Morgan fingerprint density at radius 3 is 2.57 bits per heavy atom. The molecule has 0 aliphatic heterocycles. The average molecular weight is 495 g/mol. The average Bonchev–Trinajstić information content (AvgIpc) is 3.02. The molecule has 3 N–H and O–H groups in total. The molecule has 0 spiro atoms. The van der Waals surface area contributed by atoms with Gasteiger partial charge < -0.3 is 15.2 Å². The number of anilines is 1. The van der Waals surface area contributed by atoms with Crippen molar-refractivity contribution in [2.24, 2.45) is 0 Å². The summed E-state index contributed by atoms with van der Waals surface area (Å²) in [6, 6.07) is 18.1. The number of ether oxygens (including phenoxy) is 1. The summed E-state index contributed by atoms with van der Waals surface area (Å²) < 4.78 is 34.3. The minimum Gasteiger partial charge on any atom is -0.497 e. The second kappa shape index (κ2) is 10.6. The van der Waals surface area contributed by atoms with E-state index in [-0.39, 0.29) is 10.8 Å². The second-order valence-corrected chi connectivity index (χ2v) is 10.4. The summed E-state index contributed by atoms with van der Waals surface area (Å²) in [6.07, 6.45) is 1.81. The molecule has 0 fully saturated rings. The molecule has 3 aromatic carbocycles. The second-order valence-electron chi connectivity index (χ2n) is 8.66. The van der Waals surface area contributed by atoms with Crippen LogP contribution >= 0.6 is 0 Å². The van der Waals surface area contributed by atoms with Gasteiger partial charge in [-0.1, -0.05) is 31.2 Å². The molecule has 7 nitrogen and oxygen atoms in total. The van der Waals surface area contributed by atoms with Crippen LogP contribution in [0.3, 0.4) is 0 Å². The fraction of sp³-hybridized carbons (Fsp3) is 0.296. The molecular formula is C27H30N2O5S. The van der Waals surface area contributed by atoms with E-state index in [9.17, 15) is 18.3 Å². The van der Waals surface area contributed by atoms with E-state index in [0.717, 1.165) is 24.0 Å². The SMILES string of the molecule is CCc1ccc(S(=O)(=O)N[C@@H]2c3cc(NC(=O)c4cccc(OC)c4)ccc3CCC[C@H]2O)cc1. The van der Waals surface area contributed by atoms with E-state index in [0.29, 0.717) is 35.4 Å². The number of nitrogens with one attached hydrogen (secondary N) is 2. The van der Waals surface area contributed by atoms with E-state index in [4.69, 9.17) is 4.74 Å². The van der Waals surface area contributed by atoms with Crippen molar-refractivity contribution in [2.45, 2.75) is 49.6 Å². The van der Waals surface area contributed by atoms with E-state index in [1.165, 1.54) is 7.11 Å². The highest BCUT2D eigenvalue weighted by molar-refractivity contribution is 7.89. The van der Waals surface area contributed by atoms with Crippen LogP contribution in [0.4, 0.5) is 5.69 Å². The van der Waals surface area contributed by atoms with Gasteiger partial charge in [0.15, 0.2) is 0 Å². The monoisotopic (exact) mass is 494 g/mol. The molecule has 0 aromatic heterocycles. The highest BCUT2D eigenvalue weighted by Gasteiger charge is 2.31.